The molecule has 0 saturated heterocycles. The van der Waals surface area contributed by atoms with Crippen LogP contribution in [0, 0.1) is 0 Å². The third kappa shape index (κ3) is 3.04. The summed E-state index contributed by atoms with van der Waals surface area (Å²) in [7, 11) is 3.56. The van der Waals surface area contributed by atoms with Crippen LogP contribution in [-0.4, -0.2) is 16.9 Å². The average Bonchev–Trinajstić information content (AvgIpc) is 2.72. The Labute approximate surface area is 128 Å². The fourth-order valence-corrected chi connectivity index (χ4v) is 3.44. The molecule has 1 aromatic heterocycles. The highest BCUT2D eigenvalue weighted by atomic mass is 35.5. The summed E-state index contributed by atoms with van der Waals surface area (Å²) in [6.07, 6.45) is 0.836. The lowest BCUT2D eigenvalue weighted by Gasteiger charge is -2.09. The molecule has 0 unspecified atom stereocenters. The summed E-state index contributed by atoms with van der Waals surface area (Å²) in [4.78, 5) is 1.04. The number of aryl methyl sites for hydroxylation is 2. The van der Waals surface area contributed by atoms with E-state index < -0.39 is 0 Å². The van der Waals surface area contributed by atoms with E-state index >= 15 is 0 Å². The number of halogens is 1. The van der Waals surface area contributed by atoms with Crippen molar-refractivity contribution in [1.29, 1.82) is 0 Å². The Kier molecular flexibility index (Phi) is 4.83. The molecule has 4 nitrogen and oxygen atoms in total. The summed E-state index contributed by atoms with van der Waals surface area (Å²) in [5, 5.41) is 5.18. The lowest BCUT2D eigenvalue weighted by Crippen LogP contribution is -1.97. The van der Waals surface area contributed by atoms with Crippen molar-refractivity contribution in [2.75, 3.05) is 12.8 Å². The number of thioether (sulfide) groups is 1. The fraction of sp³-hybridized carbons (Fsp3) is 0.357. The molecule has 2 aromatic rings. The number of anilines is 1. The van der Waals surface area contributed by atoms with Crippen molar-refractivity contribution in [2.24, 2.45) is 7.05 Å². The normalized spacial score (nSPS) is 10.8. The topological polar surface area (TPSA) is 53.1 Å². The number of methoxy groups -OCH3 is 1. The number of nitrogens with two attached hydrogens (primary N) is 1. The lowest BCUT2D eigenvalue weighted by molar-refractivity contribution is 0.405. The van der Waals surface area contributed by atoms with Crippen LogP contribution in [0.4, 0.5) is 5.69 Å². The number of hydrogen-bond acceptors (Lipinski definition) is 4. The molecular formula is C14H18ClN3OS. The van der Waals surface area contributed by atoms with Crippen LogP contribution in [0.1, 0.15) is 18.3 Å². The van der Waals surface area contributed by atoms with Gasteiger partial charge < -0.3 is 10.5 Å². The number of ether oxygens (including phenoxy) is 1. The highest BCUT2D eigenvalue weighted by Gasteiger charge is 2.14. The smallest absolute Gasteiger partial charge is 0.134 e. The highest BCUT2D eigenvalue weighted by Crippen LogP contribution is 2.35. The summed E-state index contributed by atoms with van der Waals surface area (Å²) < 4.78 is 7.19. The molecule has 0 aliphatic rings. The molecular weight excluding hydrogens is 294 g/mol. The van der Waals surface area contributed by atoms with Crippen LogP contribution in [0.15, 0.2) is 23.1 Å². The van der Waals surface area contributed by atoms with Gasteiger partial charge in [0, 0.05) is 29.4 Å². The van der Waals surface area contributed by atoms with Gasteiger partial charge in [-0.25, -0.2) is 0 Å². The Hall–Kier alpha value is -1.33. The minimum absolute atomic E-state index is 0.693. The molecule has 1 aromatic carbocycles. The molecule has 0 aliphatic heterocycles. The van der Waals surface area contributed by atoms with E-state index in [-0.39, 0.29) is 0 Å². The molecule has 2 N–H and O–H groups in total. The molecule has 6 heteroatoms. The van der Waals surface area contributed by atoms with Crippen molar-refractivity contribution >= 4 is 29.1 Å². The average molecular weight is 312 g/mol. The molecule has 0 spiro atoms. The lowest BCUT2D eigenvalue weighted by atomic mass is 10.3. The van der Waals surface area contributed by atoms with Gasteiger partial charge in [-0.15, -0.1) is 11.8 Å². The quantitative estimate of drug-likeness (QED) is 0.678. The number of nitrogens with zero attached hydrogens (tertiary/aromatic N) is 2. The van der Waals surface area contributed by atoms with E-state index in [4.69, 9.17) is 22.1 Å². The molecule has 0 saturated carbocycles. The molecule has 108 valence electrons. The first kappa shape index (κ1) is 15.1. The summed E-state index contributed by atoms with van der Waals surface area (Å²) >= 11 is 8.01. The van der Waals surface area contributed by atoms with Crippen molar-refractivity contribution in [2.45, 2.75) is 24.0 Å². The third-order valence-corrected chi connectivity index (χ3v) is 4.56. The van der Waals surface area contributed by atoms with E-state index in [1.165, 1.54) is 0 Å². The van der Waals surface area contributed by atoms with Crippen LogP contribution < -0.4 is 10.5 Å². The van der Waals surface area contributed by atoms with Crippen LogP contribution in [-0.2, 0) is 19.2 Å². The summed E-state index contributed by atoms with van der Waals surface area (Å²) in [6, 6.07) is 5.65. The molecule has 0 bridgehead atoms. The van der Waals surface area contributed by atoms with E-state index in [2.05, 4.69) is 5.10 Å². The highest BCUT2D eigenvalue weighted by molar-refractivity contribution is 7.98. The summed E-state index contributed by atoms with van der Waals surface area (Å²) in [5.74, 6) is 1.52. The van der Waals surface area contributed by atoms with Crippen LogP contribution in [0.5, 0.6) is 5.75 Å². The van der Waals surface area contributed by atoms with Gasteiger partial charge in [-0.2, -0.15) is 5.10 Å². The molecule has 1 heterocycles. The van der Waals surface area contributed by atoms with E-state index in [0.29, 0.717) is 5.69 Å². The maximum Gasteiger partial charge on any atom is 0.134 e. The Morgan fingerprint density at radius 3 is 2.80 bits per heavy atom. The van der Waals surface area contributed by atoms with Crippen molar-refractivity contribution in [3.8, 4) is 5.75 Å². The number of aromatic nitrogens is 2. The second-order valence-electron chi connectivity index (χ2n) is 4.38. The van der Waals surface area contributed by atoms with E-state index in [1.807, 2.05) is 36.9 Å². The van der Waals surface area contributed by atoms with E-state index in [1.54, 1.807) is 18.9 Å². The van der Waals surface area contributed by atoms with Gasteiger partial charge in [-0.1, -0.05) is 18.5 Å². The third-order valence-electron chi connectivity index (χ3n) is 3.06. The number of rotatable bonds is 5. The van der Waals surface area contributed by atoms with Crippen molar-refractivity contribution in [3.05, 3.63) is 34.6 Å². The first-order valence-corrected chi connectivity index (χ1v) is 7.69. The number of benzene rings is 1. The minimum atomic E-state index is 0.693. The second-order valence-corrected chi connectivity index (χ2v) is 5.78. The van der Waals surface area contributed by atoms with Crippen molar-refractivity contribution < 1.29 is 4.74 Å². The van der Waals surface area contributed by atoms with Gasteiger partial charge in [0.1, 0.15) is 5.75 Å². The van der Waals surface area contributed by atoms with Crippen LogP contribution >= 0.6 is 23.4 Å². The second kappa shape index (κ2) is 6.41. The molecule has 0 aliphatic carbocycles. The zero-order valence-electron chi connectivity index (χ0n) is 11.8. The van der Waals surface area contributed by atoms with Gasteiger partial charge in [0.2, 0.25) is 0 Å². The van der Waals surface area contributed by atoms with Gasteiger partial charge >= 0.3 is 0 Å². The van der Waals surface area contributed by atoms with Gasteiger partial charge in [-0.3, -0.25) is 4.68 Å². The fourth-order valence-electron chi connectivity index (χ4n) is 1.93. The molecule has 2 rings (SSSR count). The van der Waals surface area contributed by atoms with Crippen LogP contribution in [0.2, 0.25) is 5.02 Å². The first-order chi connectivity index (χ1) is 9.56. The zero-order valence-corrected chi connectivity index (χ0v) is 13.4. The Balaban J connectivity index is 2.19. The van der Waals surface area contributed by atoms with E-state index in [9.17, 15) is 0 Å². The van der Waals surface area contributed by atoms with Gasteiger partial charge in [0.05, 0.1) is 23.5 Å². The van der Waals surface area contributed by atoms with E-state index in [0.717, 1.165) is 39.2 Å². The summed E-state index contributed by atoms with van der Waals surface area (Å²) in [6.45, 7) is 2.05. The number of hydrogen-bond donors (Lipinski definition) is 1. The largest absolute Gasteiger partial charge is 0.496 e. The van der Waals surface area contributed by atoms with Crippen LogP contribution in [0.3, 0.4) is 0 Å². The predicted octanol–water partition coefficient (Wildman–Crippen LogP) is 3.52. The minimum Gasteiger partial charge on any atom is -0.496 e. The molecule has 0 amide bonds. The summed E-state index contributed by atoms with van der Waals surface area (Å²) in [5.41, 5.74) is 8.41. The maximum absolute atomic E-state index is 6.35. The molecule has 0 radical (unpaired) electrons. The zero-order chi connectivity index (χ0) is 14.7. The Morgan fingerprint density at radius 1 is 1.45 bits per heavy atom. The Morgan fingerprint density at radius 2 is 2.20 bits per heavy atom. The predicted molar refractivity (Wildman–Crippen MR) is 84.6 cm³/mol. The Bertz CT molecular complexity index is 613. The van der Waals surface area contributed by atoms with Crippen molar-refractivity contribution in [1.82, 2.24) is 9.78 Å². The van der Waals surface area contributed by atoms with Crippen LogP contribution in [0.25, 0.3) is 0 Å². The van der Waals surface area contributed by atoms with Gasteiger partial charge in [0.25, 0.3) is 0 Å². The molecule has 0 atom stereocenters. The molecule has 20 heavy (non-hydrogen) atoms. The standard InChI is InChI=1S/C14H18ClN3OS/c1-4-10-14(15)11(18(2)17-10)8-20-13-6-5-9(16)7-12(13)19-3/h5-7H,4,8,16H2,1-3H3. The van der Waals surface area contributed by atoms with Crippen molar-refractivity contribution in [3.63, 3.8) is 0 Å². The monoisotopic (exact) mass is 311 g/mol. The van der Waals surface area contributed by atoms with Gasteiger partial charge in [0.15, 0.2) is 0 Å². The van der Waals surface area contributed by atoms with Gasteiger partial charge in [-0.05, 0) is 18.6 Å². The number of nitrogen functional groups attached to an aromatic ring is 1. The maximum atomic E-state index is 6.35. The first-order valence-electron chi connectivity index (χ1n) is 6.33. The SMILES string of the molecule is CCc1nn(C)c(CSc2ccc(N)cc2OC)c1Cl. The molecule has 0 fully saturated rings.